The fourth-order valence-electron chi connectivity index (χ4n) is 8.55. The highest BCUT2D eigenvalue weighted by Gasteiger charge is 2.15. The van der Waals surface area contributed by atoms with Gasteiger partial charge in [-0.05, 0) is 88.6 Å². The molecule has 0 bridgehead atoms. The first-order chi connectivity index (χ1) is 28.7. The molecule has 0 N–H and O–H groups in total. The summed E-state index contributed by atoms with van der Waals surface area (Å²) in [5.74, 6) is 0.693. The van der Waals surface area contributed by atoms with Crippen molar-refractivity contribution in [2.45, 2.75) is 0 Å². The van der Waals surface area contributed by atoms with E-state index >= 15 is 0 Å². The molecule has 0 atom stereocenters. The third kappa shape index (κ3) is 6.00. The first-order valence-corrected chi connectivity index (χ1v) is 19.8. The molecule has 0 aliphatic heterocycles. The van der Waals surface area contributed by atoms with Gasteiger partial charge in [0.1, 0.15) is 0 Å². The molecule has 1 aromatic heterocycles. The average molecular weight is 737 g/mol. The Bertz CT molecular complexity index is 3290. The van der Waals surface area contributed by atoms with Gasteiger partial charge in [-0.2, -0.15) is 0 Å². The molecule has 0 fully saturated rings. The van der Waals surface area contributed by atoms with E-state index in [9.17, 15) is 0 Å². The molecule has 0 radical (unpaired) electrons. The van der Waals surface area contributed by atoms with Crippen molar-refractivity contribution in [1.82, 2.24) is 9.97 Å². The van der Waals surface area contributed by atoms with E-state index in [2.05, 4.69) is 218 Å². The van der Waals surface area contributed by atoms with E-state index in [1.807, 2.05) is 0 Å². The Morgan fingerprint density at radius 3 is 1.45 bits per heavy atom. The number of rotatable bonds is 6. The van der Waals surface area contributed by atoms with E-state index in [0.717, 1.165) is 33.6 Å². The van der Waals surface area contributed by atoms with Gasteiger partial charge in [-0.15, -0.1) is 0 Å². The second-order valence-electron chi connectivity index (χ2n) is 14.9. The van der Waals surface area contributed by atoms with Gasteiger partial charge in [0.25, 0.3) is 0 Å². The van der Waals surface area contributed by atoms with E-state index in [-0.39, 0.29) is 0 Å². The summed E-state index contributed by atoms with van der Waals surface area (Å²) < 4.78 is 0. The molecular formula is C56H36N2. The number of fused-ring (bicyclic) bond motifs is 5. The monoisotopic (exact) mass is 736 g/mol. The number of hydrogen-bond acceptors (Lipinski definition) is 2. The van der Waals surface area contributed by atoms with Gasteiger partial charge < -0.3 is 0 Å². The van der Waals surface area contributed by atoms with Gasteiger partial charge >= 0.3 is 0 Å². The Morgan fingerprint density at radius 1 is 0.241 bits per heavy atom. The molecule has 58 heavy (non-hydrogen) atoms. The van der Waals surface area contributed by atoms with Crippen LogP contribution >= 0.6 is 0 Å². The second-order valence-corrected chi connectivity index (χ2v) is 14.9. The topological polar surface area (TPSA) is 25.8 Å². The average Bonchev–Trinajstić information content (AvgIpc) is 3.31. The minimum Gasteiger partial charge on any atom is -0.228 e. The van der Waals surface area contributed by atoms with Crippen LogP contribution in [0.4, 0.5) is 0 Å². The molecule has 2 nitrogen and oxygen atoms in total. The molecule has 10 aromatic carbocycles. The van der Waals surface area contributed by atoms with Crippen LogP contribution in [0.5, 0.6) is 0 Å². The van der Waals surface area contributed by atoms with Crippen LogP contribution in [0.1, 0.15) is 0 Å². The SMILES string of the molecule is c1ccc(-c2ccc(-c3cc(-c4ccc(-c5cccc6ccccc56)cc4)nc(-c4ccc(-c5c6ccccc6cc6c5ccc5ccccc56)cc4)n3)cc2)cc1. The largest absolute Gasteiger partial charge is 0.228 e. The summed E-state index contributed by atoms with van der Waals surface area (Å²) >= 11 is 0. The van der Waals surface area contributed by atoms with E-state index in [4.69, 9.17) is 9.97 Å². The van der Waals surface area contributed by atoms with Gasteiger partial charge in [0.15, 0.2) is 5.82 Å². The third-order valence-electron chi connectivity index (χ3n) is 11.5. The first kappa shape index (κ1) is 33.6. The highest BCUT2D eigenvalue weighted by molar-refractivity contribution is 6.20. The lowest BCUT2D eigenvalue weighted by atomic mass is 9.89. The summed E-state index contributed by atoms with van der Waals surface area (Å²) in [4.78, 5) is 10.5. The Labute approximate surface area is 337 Å². The molecule has 2 heteroatoms. The minimum absolute atomic E-state index is 0.693. The van der Waals surface area contributed by atoms with Crippen LogP contribution in [0.3, 0.4) is 0 Å². The molecule has 11 rings (SSSR count). The second kappa shape index (κ2) is 14.1. The van der Waals surface area contributed by atoms with Gasteiger partial charge in [-0.3, -0.25) is 0 Å². The molecule has 0 saturated heterocycles. The van der Waals surface area contributed by atoms with Crippen molar-refractivity contribution in [2.75, 3.05) is 0 Å². The van der Waals surface area contributed by atoms with Crippen LogP contribution in [-0.2, 0) is 0 Å². The Balaban J connectivity index is 1.02. The van der Waals surface area contributed by atoms with Gasteiger partial charge in [-0.1, -0.05) is 206 Å². The van der Waals surface area contributed by atoms with Gasteiger partial charge in [0.2, 0.25) is 0 Å². The van der Waals surface area contributed by atoms with E-state index in [1.165, 1.54) is 70.9 Å². The predicted molar refractivity (Wildman–Crippen MR) is 245 cm³/mol. The number of aromatic nitrogens is 2. The van der Waals surface area contributed by atoms with Crippen LogP contribution in [0.25, 0.3) is 110 Å². The fraction of sp³-hybridized carbons (Fsp3) is 0. The summed E-state index contributed by atoms with van der Waals surface area (Å²) in [6.45, 7) is 0. The third-order valence-corrected chi connectivity index (χ3v) is 11.5. The Kier molecular flexibility index (Phi) is 8.19. The highest BCUT2D eigenvalue weighted by Crippen LogP contribution is 2.40. The number of hydrogen-bond donors (Lipinski definition) is 0. The molecular weight excluding hydrogens is 701 g/mol. The van der Waals surface area contributed by atoms with Crippen molar-refractivity contribution in [2.24, 2.45) is 0 Å². The summed E-state index contributed by atoms with van der Waals surface area (Å²) in [5.41, 5.74) is 12.0. The summed E-state index contributed by atoms with van der Waals surface area (Å²) in [6, 6.07) is 78.2. The maximum absolute atomic E-state index is 5.24. The zero-order valence-corrected chi connectivity index (χ0v) is 31.7. The number of benzene rings is 10. The van der Waals surface area contributed by atoms with Crippen molar-refractivity contribution in [3.8, 4) is 67.3 Å². The highest BCUT2D eigenvalue weighted by atomic mass is 14.9. The van der Waals surface area contributed by atoms with Crippen LogP contribution in [0.2, 0.25) is 0 Å². The fourth-order valence-corrected chi connectivity index (χ4v) is 8.55. The minimum atomic E-state index is 0.693. The first-order valence-electron chi connectivity index (χ1n) is 19.8. The smallest absolute Gasteiger partial charge is 0.160 e. The normalized spacial score (nSPS) is 11.4. The lowest BCUT2D eigenvalue weighted by Crippen LogP contribution is -1.96. The molecule has 1 heterocycles. The van der Waals surface area contributed by atoms with Crippen molar-refractivity contribution in [1.29, 1.82) is 0 Å². The van der Waals surface area contributed by atoms with E-state index in [1.54, 1.807) is 0 Å². The maximum Gasteiger partial charge on any atom is 0.160 e. The van der Waals surface area contributed by atoms with Gasteiger partial charge in [0, 0.05) is 16.7 Å². The zero-order valence-electron chi connectivity index (χ0n) is 31.7. The maximum atomic E-state index is 5.24. The standard InChI is InChI=1S/C56H36N2/c1-2-11-37(12-3-1)38-21-25-42(26-22-38)53-36-54(43-27-23-41(24-28-43)48-20-10-16-39-13-4-7-17-47(39)48)58-56(57-53)45-31-29-44(30-32-45)55-50-19-9-6-15-46(50)35-52-49-18-8-5-14-40(49)33-34-51(52)55/h1-36H. The molecule has 0 spiro atoms. The molecule has 0 unspecified atom stereocenters. The van der Waals surface area contributed by atoms with Crippen molar-refractivity contribution in [3.63, 3.8) is 0 Å². The van der Waals surface area contributed by atoms with Crippen molar-refractivity contribution < 1.29 is 0 Å². The molecule has 0 saturated carbocycles. The van der Waals surface area contributed by atoms with E-state index in [0.29, 0.717) is 5.82 Å². The molecule has 0 aliphatic rings. The quantitative estimate of drug-likeness (QED) is 0.125. The van der Waals surface area contributed by atoms with Crippen LogP contribution in [-0.4, -0.2) is 9.97 Å². The molecule has 270 valence electrons. The van der Waals surface area contributed by atoms with Gasteiger partial charge in [0.05, 0.1) is 11.4 Å². The van der Waals surface area contributed by atoms with Crippen LogP contribution in [0, 0.1) is 0 Å². The summed E-state index contributed by atoms with van der Waals surface area (Å²) in [5, 5.41) is 9.98. The van der Waals surface area contributed by atoms with Crippen LogP contribution in [0.15, 0.2) is 218 Å². The Morgan fingerprint density at radius 2 is 0.741 bits per heavy atom. The summed E-state index contributed by atoms with van der Waals surface area (Å²) in [7, 11) is 0. The van der Waals surface area contributed by atoms with Crippen LogP contribution < -0.4 is 0 Å². The van der Waals surface area contributed by atoms with Crippen molar-refractivity contribution in [3.05, 3.63) is 218 Å². The molecule has 0 aliphatic carbocycles. The zero-order chi connectivity index (χ0) is 38.4. The molecule has 11 aromatic rings. The Hall–Kier alpha value is -7.68. The van der Waals surface area contributed by atoms with E-state index < -0.39 is 0 Å². The number of nitrogens with zero attached hydrogens (tertiary/aromatic N) is 2. The lowest BCUT2D eigenvalue weighted by Gasteiger charge is -2.15. The summed E-state index contributed by atoms with van der Waals surface area (Å²) in [6.07, 6.45) is 0. The molecule has 0 amide bonds. The van der Waals surface area contributed by atoms with Gasteiger partial charge in [-0.25, -0.2) is 9.97 Å². The van der Waals surface area contributed by atoms with Crippen molar-refractivity contribution >= 4 is 43.1 Å². The predicted octanol–water partition coefficient (Wildman–Crippen LogP) is 15.1. The lowest BCUT2D eigenvalue weighted by molar-refractivity contribution is 1.18.